The van der Waals surface area contributed by atoms with Crippen molar-refractivity contribution >= 4 is 21.3 Å². The van der Waals surface area contributed by atoms with E-state index in [1.165, 1.54) is 13.3 Å². The molecular weight excluding hydrogens is 416 g/mol. The Kier molecular flexibility index (Phi) is 6.27. The van der Waals surface area contributed by atoms with Crippen LogP contribution in [0, 0.1) is 5.92 Å². The monoisotopic (exact) mass is 444 g/mol. The molecule has 0 radical (unpaired) electrons. The smallest absolute Gasteiger partial charge is 0.267 e. The van der Waals surface area contributed by atoms with Gasteiger partial charge in [0.05, 0.1) is 32.2 Å². The SMILES string of the molecule is COc1ncc(C2=CCOCC2)cc1S(=O)(=O)Nc1cncc(C2CC2CN(C)C)c1. The van der Waals surface area contributed by atoms with E-state index >= 15 is 0 Å². The molecule has 31 heavy (non-hydrogen) atoms. The van der Waals surface area contributed by atoms with Gasteiger partial charge in [-0.05, 0) is 67.6 Å². The van der Waals surface area contributed by atoms with Crippen molar-refractivity contribution in [3.63, 3.8) is 0 Å². The molecule has 0 aromatic carbocycles. The first kappa shape index (κ1) is 21.7. The molecule has 8 nitrogen and oxygen atoms in total. The summed E-state index contributed by atoms with van der Waals surface area (Å²) in [6.45, 7) is 2.12. The van der Waals surface area contributed by atoms with Gasteiger partial charge in [-0.25, -0.2) is 13.4 Å². The number of rotatable bonds is 8. The Balaban J connectivity index is 1.58. The number of methoxy groups -OCH3 is 1. The summed E-state index contributed by atoms with van der Waals surface area (Å²) in [7, 11) is 1.61. The molecule has 1 N–H and O–H groups in total. The van der Waals surface area contributed by atoms with E-state index in [-0.39, 0.29) is 10.8 Å². The van der Waals surface area contributed by atoms with Crippen LogP contribution in [0.25, 0.3) is 5.57 Å². The van der Waals surface area contributed by atoms with E-state index in [2.05, 4.69) is 33.7 Å². The fourth-order valence-corrected chi connectivity index (χ4v) is 5.18. The van der Waals surface area contributed by atoms with E-state index < -0.39 is 10.0 Å². The van der Waals surface area contributed by atoms with Crippen LogP contribution in [0.5, 0.6) is 5.88 Å². The molecule has 2 aliphatic rings. The summed E-state index contributed by atoms with van der Waals surface area (Å²) in [6.07, 6.45) is 8.73. The summed E-state index contributed by atoms with van der Waals surface area (Å²) in [5.41, 5.74) is 3.26. The van der Waals surface area contributed by atoms with Crippen molar-refractivity contribution in [3.8, 4) is 5.88 Å². The normalized spacial score (nSPS) is 21.0. The maximum Gasteiger partial charge on any atom is 0.267 e. The maximum atomic E-state index is 13.2. The Labute approximate surface area is 183 Å². The van der Waals surface area contributed by atoms with E-state index in [0.29, 0.717) is 37.2 Å². The Hall–Kier alpha value is -2.49. The molecule has 9 heteroatoms. The lowest BCUT2D eigenvalue weighted by Gasteiger charge is -2.16. The number of hydrogen-bond acceptors (Lipinski definition) is 7. The van der Waals surface area contributed by atoms with Crippen LogP contribution in [-0.2, 0) is 14.8 Å². The van der Waals surface area contributed by atoms with Crippen LogP contribution in [-0.4, -0.2) is 64.2 Å². The second-order valence-corrected chi connectivity index (χ2v) is 9.91. The predicted octanol–water partition coefficient (Wildman–Crippen LogP) is 2.75. The average molecular weight is 445 g/mol. The Morgan fingerprint density at radius 3 is 2.81 bits per heavy atom. The molecule has 0 saturated heterocycles. The quantitative estimate of drug-likeness (QED) is 0.669. The van der Waals surface area contributed by atoms with Gasteiger partial charge in [0.15, 0.2) is 0 Å². The van der Waals surface area contributed by atoms with Crippen LogP contribution in [0.2, 0.25) is 0 Å². The highest BCUT2D eigenvalue weighted by Crippen LogP contribution is 2.47. The van der Waals surface area contributed by atoms with Crippen molar-refractivity contribution in [3.05, 3.63) is 47.9 Å². The molecule has 1 aliphatic heterocycles. The summed E-state index contributed by atoms with van der Waals surface area (Å²) in [5.74, 6) is 1.05. The lowest BCUT2D eigenvalue weighted by atomic mass is 10.0. The first-order chi connectivity index (χ1) is 14.9. The standard InChI is InChI=1S/C22H28N4O4S/c1-26(2)14-18-9-20(18)17-8-19(13-23-11-17)25-31(27,28)21-10-16(12-24-22(21)29-3)15-4-6-30-7-5-15/h4,8,10-13,18,20,25H,5-7,9,14H2,1-3H3. The van der Waals surface area contributed by atoms with Crippen LogP contribution in [0.4, 0.5) is 5.69 Å². The van der Waals surface area contributed by atoms with Crippen molar-refractivity contribution < 1.29 is 17.9 Å². The van der Waals surface area contributed by atoms with Gasteiger partial charge in [-0.15, -0.1) is 0 Å². The number of nitrogens with one attached hydrogen (secondary N) is 1. The van der Waals surface area contributed by atoms with Gasteiger partial charge in [0.1, 0.15) is 4.90 Å². The minimum absolute atomic E-state index is 0.00204. The number of aromatic nitrogens is 2. The Morgan fingerprint density at radius 2 is 2.10 bits per heavy atom. The molecule has 1 saturated carbocycles. The van der Waals surface area contributed by atoms with Crippen LogP contribution in [0.1, 0.15) is 29.9 Å². The molecule has 0 amide bonds. The molecule has 2 unspecified atom stereocenters. The third kappa shape index (κ3) is 5.06. The van der Waals surface area contributed by atoms with Crippen LogP contribution >= 0.6 is 0 Å². The Morgan fingerprint density at radius 1 is 1.26 bits per heavy atom. The zero-order valence-corrected chi connectivity index (χ0v) is 18.9. The van der Waals surface area contributed by atoms with E-state index in [1.807, 2.05) is 18.3 Å². The molecule has 0 spiro atoms. The lowest BCUT2D eigenvalue weighted by molar-refractivity contribution is 0.161. The third-order valence-corrected chi connectivity index (χ3v) is 6.97. The highest BCUT2D eigenvalue weighted by Gasteiger charge is 2.38. The summed E-state index contributed by atoms with van der Waals surface area (Å²) in [6, 6.07) is 3.48. The van der Waals surface area contributed by atoms with Gasteiger partial charge in [0, 0.05) is 18.9 Å². The molecule has 3 heterocycles. The highest BCUT2D eigenvalue weighted by molar-refractivity contribution is 7.92. The number of pyridine rings is 2. The van der Waals surface area contributed by atoms with Gasteiger partial charge < -0.3 is 14.4 Å². The van der Waals surface area contributed by atoms with Crippen LogP contribution < -0.4 is 9.46 Å². The molecule has 0 bridgehead atoms. The largest absolute Gasteiger partial charge is 0.480 e. The number of sulfonamides is 1. The van der Waals surface area contributed by atoms with E-state index in [1.54, 1.807) is 12.3 Å². The zero-order chi connectivity index (χ0) is 22.0. The summed E-state index contributed by atoms with van der Waals surface area (Å²) in [5, 5.41) is 0. The van der Waals surface area contributed by atoms with E-state index in [9.17, 15) is 8.42 Å². The third-order valence-electron chi connectivity index (χ3n) is 5.60. The van der Waals surface area contributed by atoms with Crippen molar-refractivity contribution in [1.82, 2.24) is 14.9 Å². The number of anilines is 1. The van der Waals surface area contributed by atoms with Crippen molar-refractivity contribution in [2.45, 2.75) is 23.7 Å². The Bertz CT molecular complexity index is 1080. The molecule has 2 aromatic heterocycles. The van der Waals surface area contributed by atoms with Crippen molar-refractivity contribution in [2.75, 3.05) is 45.7 Å². The summed E-state index contributed by atoms with van der Waals surface area (Å²) >= 11 is 0. The van der Waals surface area contributed by atoms with E-state index in [4.69, 9.17) is 9.47 Å². The molecule has 2 atom stereocenters. The maximum absolute atomic E-state index is 13.2. The van der Waals surface area contributed by atoms with Gasteiger partial charge in [0.25, 0.3) is 10.0 Å². The number of ether oxygens (including phenoxy) is 2. The zero-order valence-electron chi connectivity index (χ0n) is 18.0. The molecule has 2 aromatic rings. The lowest BCUT2D eigenvalue weighted by Crippen LogP contribution is -2.16. The van der Waals surface area contributed by atoms with Crippen molar-refractivity contribution in [2.24, 2.45) is 5.92 Å². The van der Waals surface area contributed by atoms with Crippen LogP contribution in [0.15, 0.2) is 41.7 Å². The van der Waals surface area contributed by atoms with Crippen molar-refractivity contribution in [1.29, 1.82) is 0 Å². The van der Waals surface area contributed by atoms with Gasteiger partial charge in [-0.1, -0.05) is 6.08 Å². The fourth-order valence-electron chi connectivity index (χ4n) is 4.00. The fraction of sp³-hybridized carbons (Fsp3) is 0.455. The molecule has 166 valence electrons. The van der Waals surface area contributed by atoms with E-state index in [0.717, 1.165) is 29.7 Å². The van der Waals surface area contributed by atoms with Gasteiger partial charge in [0.2, 0.25) is 5.88 Å². The second-order valence-electron chi connectivity index (χ2n) is 8.26. The first-order valence-corrected chi connectivity index (χ1v) is 11.8. The molecular formula is C22H28N4O4S. The molecule has 1 fully saturated rings. The van der Waals surface area contributed by atoms with Crippen LogP contribution in [0.3, 0.4) is 0 Å². The minimum Gasteiger partial charge on any atom is -0.480 e. The molecule has 4 rings (SSSR count). The highest BCUT2D eigenvalue weighted by atomic mass is 32.2. The molecule has 1 aliphatic carbocycles. The summed E-state index contributed by atoms with van der Waals surface area (Å²) in [4.78, 5) is 10.7. The van der Waals surface area contributed by atoms with Gasteiger partial charge in [-0.2, -0.15) is 0 Å². The predicted molar refractivity (Wildman–Crippen MR) is 119 cm³/mol. The number of hydrogen-bond donors (Lipinski definition) is 1. The minimum atomic E-state index is -3.92. The summed E-state index contributed by atoms with van der Waals surface area (Å²) < 4.78 is 39.7. The number of nitrogens with zero attached hydrogens (tertiary/aromatic N) is 3. The van der Waals surface area contributed by atoms with Gasteiger partial charge >= 0.3 is 0 Å². The topological polar surface area (TPSA) is 93.7 Å². The van der Waals surface area contributed by atoms with Gasteiger partial charge in [-0.3, -0.25) is 9.71 Å². The first-order valence-electron chi connectivity index (χ1n) is 10.3. The average Bonchev–Trinajstić information content (AvgIpc) is 3.52. The second kappa shape index (κ2) is 8.94.